The average Bonchev–Trinajstić information content (AvgIpc) is 3.34. The Morgan fingerprint density at radius 2 is 1.94 bits per heavy atom. The topological polar surface area (TPSA) is 105 Å². The van der Waals surface area contributed by atoms with Gasteiger partial charge in [-0.15, -0.1) is 0 Å². The Balaban J connectivity index is 1.59. The standard InChI is InChI=1S/C25H20O8/c1-2-29-19-6-3-5-14-11-18(24(27)33-23(14)19)17-13-22(26)32-21-12-15(8-9-16(17)21)31-25(28)20-7-4-10-30-20/h3,5-6,8-9,11-13,20H,2,4,7,10H2,1H3. The van der Waals surface area contributed by atoms with Gasteiger partial charge in [0, 0.05) is 35.1 Å². The maximum absolute atomic E-state index is 12.9. The molecule has 0 spiro atoms. The number of carbonyl (C=O) groups excluding carboxylic acids is 1. The Hall–Kier alpha value is -3.91. The lowest BCUT2D eigenvalue weighted by molar-refractivity contribution is -0.144. The van der Waals surface area contributed by atoms with Crippen LogP contribution in [0.2, 0.25) is 0 Å². The van der Waals surface area contributed by atoms with E-state index in [1.807, 2.05) is 6.92 Å². The van der Waals surface area contributed by atoms with E-state index in [2.05, 4.69) is 0 Å². The van der Waals surface area contributed by atoms with Crippen molar-refractivity contribution in [3.05, 3.63) is 69.4 Å². The molecule has 33 heavy (non-hydrogen) atoms. The minimum atomic E-state index is -0.650. The van der Waals surface area contributed by atoms with E-state index < -0.39 is 23.3 Å². The van der Waals surface area contributed by atoms with E-state index >= 15 is 0 Å². The summed E-state index contributed by atoms with van der Waals surface area (Å²) in [5.74, 6) is 0.189. The molecule has 1 atom stereocenters. The minimum Gasteiger partial charge on any atom is -0.490 e. The Labute approximate surface area is 187 Å². The molecule has 1 saturated heterocycles. The highest BCUT2D eigenvalue weighted by Gasteiger charge is 2.26. The minimum absolute atomic E-state index is 0.178. The van der Waals surface area contributed by atoms with Crippen molar-refractivity contribution in [1.82, 2.24) is 0 Å². The van der Waals surface area contributed by atoms with Crippen molar-refractivity contribution in [2.75, 3.05) is 13.2 Å². The van der Waals surface area contributed by atoms with Crippen molar-refractivity contribution in [3.8, 4) is 22.6 Å². The SMILES string of the molecule is CCOc1cccc2cc(-c3cc(=O)oc4cc(OC(=O)C5CCCO5)ccc34)c(=O)oc12. The fourth-order valence-electron chi connectivity index (χ4n) is 3.95. The summed E-state index contributed by atoms with van der Waals surface area (Å²) in [6.45, 7) is 2.79. The van der Waals surface area contributed by atoms with Crippen LogP contribution in [0.3, 0.4) is 0 Å². The van der Waals surface area contributed by atoms with Crippen LogP contribution in [0, 0.1) is 0 Å². The van der Waals surface area contributed by atoms with Crippen LogP contribution in [0.4, 0.5) is 0 Å². The molecule has 1 aliphatic heterocycles. The molecule has 0 N–H and O–H groups in total. The molecule has 2 aromatic carbocycles. The van der Waals surface area contributed by atoms with Crippen molar-refractivity contribution in [1.29, 1.82) is 0 Å². The first-order chi connectivity index (χ1) is 16.0. The summed E-state index contributed by atoms with van der Waals surface area (Å²) in [5, 5.41) is 1.15. The predicted octanol–water partition coefficient (Wildman–Crippen LogP) is 4.05. The van der Waals surface area contributed by atoms with E-state index in [1.165, 1.54) is 12.1 Å². The van der Waals surface area contributed by atoms with Crippen LogP contribution in [0.25, 0.3) is 33.1 Å². The number of hydrogen-bond acceptors (Lipinski definition) is 8. The summed E-state index contributed by atoms with van der Waals surface area (Å²) in [6.07, 6.45) is 0.813. The smallest absolute Gasteiger partial charge is 0.344 e. The molecule has 0 bridgehead atoms. The number of para-hydroxylation sites is 1. The van der Waals surface area contributed by atoms with Crippen molar-refractivity contribution in [3.63, 3.8) is 0 Å². The van der Waals surface area contributed by atoms with Crippen molar-refractivity contribution >= 4 is 27.9 Å². The van der Waals surface area contributed by atoms with Gasteiger partial charge in [-0.05, 0) is 44.0 Å². The van der Waals surface area contributed by atoms with Gasteiger partial charge < -0.3 is 23.0 Å². The predicted molar refractivity (Wildman–Crippen MR) is 120 cm³/mol. The molecule has 0 saturated carbocycles. The Morgan fingerprint density at radius 3 is 2.73 bits per heavy atom. The van der Waals surface area contributed by atoms with Gasteiger partial charge in [0.15, 0.2) is 17.4 Å². The van der Waals surface area contributed by atoms with Gasteiger partial charge in [-0.25, -0.2) is 14.4 Å². The third-order valence-corrected chi connectivity index (χ3v) is 5.44. The molecule has 3 heterocycles. The molecular weight excluding hydrogens is 428 g/mol. The second kappa shape index (κ2) is 8.55. The second-order valence-corrected chi connectivity index (χ2v) is 7.61. The van der Waals surface area contributed by atoms with Gasteiger partial charge in [-0.1, -0.05) is 12.1 Å². The van der Waals surface area contributed by atoms with Gasteiger partial charge in [-0.2, -0.15) is 0 Å². The zero-order valence-corrected chi connectivity index (χ0v) is 17.8. The molecule has 1 aliphatic rings. The molecule has 4 aromatic rings. The Kier molecular flexibility index (Phi) is 5.43. The first-order valence-electron chi connectivity index (χ1n) is 10.6. The number of esters is 1. The van der Waals surface area contributed by atoms with Crippen LogP contribution in [0.1, 0.15) is 19.8 Å². The van der Waals surface area contributed by atoms with Gasteiger partial charge in [0.25, 0.3) is 0 Å². The van der Waals surface area contributed by atoms with E-state index in [1.54, 1.807) is 36.4 Å². The third-order valence-electron chi connectivity index (χ3n) is 5.44. The fraction of sp³-hybridized carbons (Fsp3) is 0.240. The van der Waals surface area contributed by atoms with E-state index in [-0.39, 0.29) is 16.9 Å². The lowest BCUT2D eigenvalue weighted by Crippen LogP contribution is -2.24. The number of benzene rings is 2. The quantitative estimate of drug-likeness (QED) is 0.256. The van der Waals surface area contributed by atoms with E-state index in [4.69, 9.17) is 23.0 Å². The highest BCUT2D eigenvalue weighted by molar-refractivity contribution is 5.96. The van der Waals surface area contributed by atoms with Crippen LogP contribution in [-0.2, 0) is 9.53 Å². The molecule has 0 radical (unpaired) electrons. The average molecular weight is 448 g/mol. The van der Waals surface area contributed by atoms with Gasteiger partial charge >= 0.3 is 17.2 Å². The zero-order valence-electron chi connectivity index (χ0n) is 17.8. The summed E-state index contributed by atoms with van der Waals surface area (Å²) in [7, 11) is 0. The van der Waals surface area contributed by atoms with Gasteiger partial charge in [0.1, 0.15) is 11.3 Å². The van der Waals surface area contributed by atoms with E-state index in [0.717, 1.165) is 6.42 Å². The lowest BCUT2D eigenvalue weighted by atomic mass is 10.0. The molecule has 1 fully saturated rings. The van der Waals surface area contributed by atoms with Crippen LogP contribution in [0.15, 0.2) is 67.0 Å². The van der Waals surface area contributed by atoms with Crippen molar-refractivity contribution in [2.24, 2.45) is 0 Å². The second-order valence-electron chi connectivity index (χ2n) is 7.61. The van der Waals surface area contributed by atoms with Crippen LogP contribution in [-0.4, -0.2) is 25.3 Å². The maximum Gasteiger partial charge on any atom is 0.344 e. The van der Waals surface area contributed by atoms with Gasteiger partial charge in [-0.3, -0.25) is 0 Å². The number of rotatable bonds is 5. The van der Waals surface area contributed by atoms with Crippen LogP contribution in [0.5, 0.6) is 11.5 Å². The maximum atomic E-state index is 12.9. The molecule has 168 valence electrons. The largest absolute Gasteiger partial charge is 0.490 e. The third kappa shape index (κ3) is 4.01. The highest BCUT2D eigenvalue weighted by atomic mass is 16.6. The summed E-state index contributed by atoms with van der Waals surface area (Å²) < 4.78 is 27.1. The first kappa shape index (κ1) is 21.0. The molecule has 1 unspecified atom stereocenters. The molecule has 8 heteroatoms. The van der Waals surface area contributed by atoms with Crippen LogP contribution >= 0.6 is 0 Å². The van der Waals surface area contributed by atoms with Crippen LogP contribution < -0.4 is 20.7 Å². The monoisotopic (exact) mass is 448 g/mol. The summed E-state index contributed by atoms with van der Waals surface area (Å²) in [4.78, 5) is 37.4. The normalized spacial score (nSPS) is 15.7. The van der Waals surface area contributed by atoms with Crippen molar-refractivity contribution < 1.29 is 27.8 Å². The van der Waals surface area contributed by atoms with E-state index in [0.29, 0.717) is 47.3 Å². The number of hydrogen-bond donors (Lipinski definition) is 0. The molecule has 2 aromatic heterocycles. The molecule has 0 aliphatic carbocycles. The Morgan fingerprint density at radius 1 is 1.06 bits per heavy atom. The highest BCUT2D eigenvalue weighted by Crippen LogP contribution is 2.32. The Bertz CT molecular complexity index is 1470. The molecule has 8 nitrogen and oxygen atoms in total. The summed E-state index contributed by atoms with van der Waals surface area (Å²) >= 11 is 0. The van der Waals surface area contributed by atoms with Gasteiger partial charge in [0.2, 0.25) is 0 Å². The summed E-state index contributed by atoms with van der Waals surface area (Å²) in [5.41, 5.74) is -0.187. The van der Waals surface area contributed by atoms with Gasteiger partial charge in [0.05, 0.1) is 12.2 Å². The number of ether oxygens (including phenoxy) is 3. The molecule has 0 amide bonds. The fourth-order valence-corrected chi connectivity index (χ4v) is 3.95. The number of carbonyl (C=O) groups is 1. The summed E-state index contributed by atoms with van der Waals surface area (Å²) in [6, 6.07) is 12.9. The van der Waals surface area contributed by atoms with E-state index in [9.17, 15) is 14.4 Å². The molecule has 5 rings (SSSR count). The first-order valence-corrected chi connectivity index (χ1v) is 10.6. The molecular formula is C25H20O8. The lowest BCUT2D eigenvalue weighted by Gasteiger charge is -2.11. The van der Waals surface area contributed by atoms with Crippen molar-refractivity contribution in [2.45, 2.75) is 25.9 Å². The zero-order chi connectivity index (χ0) is 22.9. The number of fused-ring (bicyclic) bond motifs is 2.